The van der Waals surface area contributed by atoms with Crippen molar-refractivity contribution >= 4 is 56.5 Å². The number of halogens is 1. The predicted octanol–water partition coefficient (Wildman–Crippen LogP) is 2.98. The van der Waals surface area contributed by atoms with Gasteiger partial charge in [-0.05, 0) is 61.6 Å². The number of nitrogens with zero attached hydrogens (tertiary/aromatic N) is 6. The Labute approximate surface area is 222 Å². The molecule has 1 aliphatic heterocycles. The van der Waals surface area contributed by atoms with E-state index >= 15 is 0 Å². The highest BCUT2D eigenvalue weighted by Gasteiger charge is 2.41. The van der Waals surface area contributed by atoms with Crippen molar-refractivity contribution in [3.05, 3.63) is 65.0 Å². The van der Waals surface area contributed by atoms with Crippen LogP contribution in [0.1, 0.15) is 29.8 Å². The largest absolute Gasteiger partial charge is 0.382 e. The van der Waals surface area contributed by atoms with Gasteiger partial charge in [0.05, 0.1) is 15.6 Å². The monoisotopic (exact) mass is 515 g/mol. The van der Waals surface area contributed by atoms with Crippen LogP contribution < -0.4 is 10.2 Å². The number of piperidine rings is 1. The molecule has 0 bridgehead atoms. The van der Waals surface area contributed by atoms with E-state index in [9.17, 15) is 0 Å². The maximum absolute atomic E-state index is 6.72. The minimum Gasteiger partial charge on any atom is -0.382 e. The lowest BCUT2D eigenvalue weighted by Gasteiger charge is -2.40. The van der Waals surface area contributed by atoms with Gasteiger partial charge in [0.25, 0.3) is 0 Å². The lowest BCUT2D eigenvalue weighted by Crippen LogP contribution is -2.42. The minimum atomic E-state index is 0.246. The van der Waals surface area contributed by atoms with E-state index in [4.69, 9.17) is 21.6 Å². The molecule has 0 amide bonds. The molecule has 0 unspecified atom stereocenters. The summed E-state index contributed by atoms with van der Waals surface area (Å²) in [6, 6.07) is 6.26. The normalized spacial score (nSPS) is 16.7. The van der Waals surface area contributed by atoms with Crippen LogP contribution in [0.3, 0.4) is 0 Å². The first-order valence-corrected chi connectivity index (χ1v) is 13.7. The maximum atomic E-state index is 6.72. The predicted molar refractivity (Wildman–Crippen MR) is 151 cm³/mol. The summed E-state index contributed by atoms with van der Waals surface area (Å²) in [5.74, 6) is 1.91. The van der Waals surface area contributed by atoms with Gasteiger partial charge in [-0.3, -0.25) is 9.38 Å². The Hall–Kier alpha value is -2.71. The quantitative estimate of drug-likeness (QED) is 0.410. The summed E-state index contributed by atoms with van der Waals surface area (Å²) in [5, 5.41) is 3.94. The SMILES string of the molecule is BC(B)Nc1nccc(Sc2c(C)nc(N3CCC4(CC3)Cc3cccnc3C4)n3ccnc23)c1Cl. The molecule has 4 aromatic heterocycles. The summed E-state index contributed by atoms with van der Waals surface area (Å²) in [7, 11) is 4.15. The minimum absolute atomic E-state index is 0.246. The zero-order chi connectivity index (χ0) is 24.9. The number of hydrogen-bond donors (Lipinski definition) is 1. The van der Waals surface area contributed by atoms with Crippen molar-refractivity contribution in [2.24, 2.45) is 5.41 Å². The molecule has 0 atom stereocenters. The molecule has 11 heteroatoms. The summed E-state index contributed by atoms with van der Waals surface area (Å²) >= 11 is 8.32. The molecule has 0 aromatic carbocycles. The maximum Gasteiger partial charge on any atom is 0.211 e. The highest BCUT2D eigenvalue weighted by atomic mass is 35.5. The lowest BCUT2D eigenvalue weighted by molar-refractivity contribution is 0.230. The standard InChI is InChI=1S/C25H28B2ClN7S/c1-15-20(36-18-4-8-30-21(19(18)28)33-23(26)27)22-31-9-12-35(22)24(32-15)34-10-5-25(6-11-34)13-16-3-2-7-29-17(16)14-25/h2-4,7-9,12,23H,5-6,10-11,13-14,26-27H2,1H3,(H,30,33). The smallest absolute Gasteiger partial charge is 0.211 e. The molecule has 1 aliphatic carbocycles. The number of anilines is 2. The number of fused-ring (bicyclic) bond motifs is 2. The summed E-state index contributed by atoms with van der Waals surface area (Å²) in [4.78, 5) is 23.2. The Bertz CT molecular complexity index is 1410. The average molecular weight is 516 g/mol. The fourth-order valence-corrected chi connectivity index (χ4v) is 6.78. The van der Waals surface area contributed by atoms with E-state index in [1.807, 2.05) is 24.7 Å². The van der Waals surface area contributed by atoms with Gasteiger partial charge in [0.15, 0.2) is 5.65 Å². The fourth-order valence-electron chi connectivity index (χ4n) is 5.53. The van der Waals surface area contributed by atoms with E-state index < -0.39 is 0 Å². The second-order valence-electron chi connectivity index (χ2n) is 10.3. The van der Waals surface area contributed by atoms with Gasteiger partial charge in [-0.15, -0.1) is 0 Å². The molecule has 2 aliphatic rings. The average Bonchev–Trinajstić information content (AvgIpc) is 3.48. The number of nitrogens with one attached hydrogen (secondary N) is 1. The second-order valence-corrected chi connectivity index (χ2v) is 11.7. The lowest BCUT2D eigenvalue weighted by atomic mass is 9.76. The van der Waals surface area contributed by atoms with Crippen LogP contribution in [0.25, 0.3) is 5.65 Å². The van der Waals surface area contributed by atoms with Crippen molar-refractivity contribution in [1.82, 2.24) is 24.3 Å². The van der Waals surface area contributed by atoms with E-state index in [1.165, 1.54) is 11.3 Å². The molecule has 4 aromatic rings. The van der Waals surface area contributed by atoms with Gasteiger partial charge >= 0.3 is 0 Å². The highest BCUT2D eigenvalue weighted by molar-refractivity contribution is 7.99. The molecule has 7 nitrogen and oxygen atoms in total. The second kappa shape index (κ2) is 9.30. The highest BCUT2D eigenvalue weighted by Crippen LogP contribution is 2.45. The molecule has 182 valence electrons. The topological polar surface area (TPSA) is 71.2 Å². The summed E-state index contributed by atoms with van der Waals surface area (Å²) in [5.41, 5.74) is 4.93. The number of hydrogen-bond acceptors (Lipinski definition) is 7. The first kappa shape index (κ1) is 23.7. The molecule has 1 fully saturated rings. The van der Waals surface area contributed by atoms with Gasteiger partial charge < -0.3 is 10.2 Å². The van der Waals surface area contributed by atoms with Crippen LogP contribution in [-0.2, 0) is 12.8 Å². The van der Waals surface area contributed by atoms with Crippen LogP contribution in [0.5, 0.6) is 0 Å². The first-order chi connectivity index (χ1) is 17.4. The molecule has 0 radical (unpaired) electrons. The van der Waals surface area contributed by atoms with Gasteiger partial charge in [0, 0.05) is 48.5 Å². The van der Waals surface area contributed by atoms with Gasteiger partial charge in [0.1, 0.15) is 21.5 Å². The molecule has 1 spiro atoms. The van der Waals surface area contributed by atoms with E-state index in [0.29, 0.717) is 16.3 Å². The molecule has 36 heavy (non-hydrogen) atoms. The number of imidazole rings is 1. The van der Waals surface area contributed by atoms with Gasteiger partial charge in [-0.25, -0.2) is 15.0 Å². The van der Waals surface area contributed by atoms with Gasteiger partial charge in [0.2, 0.25) is 5.95 Å². The van der Waals surface area contributed by atoms with Crippen LogP contribution in [0, 0.1) is 12.3 Å². The van der Waals surface area contributed by atoms with Crippen molar-refractivity contribution < 1.29 is 0 Å². The van der Waals surface area contributed by atoms with Crippen LogP contribution in [0.15, 0.2) is 52.8 Å². The fraction of sp³-hybridized carbons (Fsp3) is 0.360. The third kappa shape index (κ3) is 4.24. The molecular formula is C25H28B2ClN7S. The van der Waals surface area contributed by atoms with E-state index in [1.54, 1.807) is 18.0 Å². The van der Waals surface area contributed by atoms with Gasteiger partial charge in [-0.1, -0.05) is 29.4 Å². The summed E-state index contributed by atoms with van der Waals surface area (Å²) < 4.78 is 2.13. The molecule has 1 N–H and O–H groups in total. The van der Waals surface area contributed by atoms with Gasteiger partial charge in [-0.2, -0.15) is 0 Å². The molecular weight excluding hydrogens is 487 g/mol. The number of pyridine rings is 2. The van der Waals surface area contributed by atoms with E-state index in [-0.39, 0.29) is 5.84 Å². The number of rotatable bonds is 5. The van der Waals surface area contributed by atoms with Crippen molar-refractivity contribution in [2.75, 3.05) is 23.3 Å². The van der Waals surface area contributed by atoms with Crippen molar-refractivity contribution in [1.29, 1.82) is 0 Å². The number of aromatic nitrogens is 5. The van der Waals surface area contributed by atoms with Crippen LogP contribution in [0.2, 0.25) is 5.02 Å². The van der Waals surface area contributed by atoms with Crippen LogP contribution >= 0.6 is 23.4 Å². The van der Waals surface area contributed by atoms with E-state index in [2.05, 4.69) is 59.3 Å². The Morgan fingerprint density at radius 1 is 1.08 bits per heavy atom. The Balaban J connectivity index is 1.26. The summed E-state index contributed by atoms with van der Waals surface area (Å²) in [6.45, 7) is 4.04. The van der Waals surface area contributed by atoms with E-state index in [0.717, 1.165) is 65.9 Å². The Morgan fingerprint density at radius 3 is 2.69 bits per heavy atom. The zero-order valence-electron chi connectivity index (χ0n) is 20.8. The zero-order valence-corrected chi connectivity index (χ0v) is 22.4. The Kier molecular flexibility index (Phi) is 6.12. The molecule has 0 saturated carbocycles. The third-order valence-corrected chi connectivity index (χ3v) is 9.08. The van der Waals surface area contributed by atoms with Crippen molar-refractivity contribution in [3.63, 3.8) is 0 Å². The first-order valence-electron chi connectivity index (χ1n) is 12.5. The van der Waals surface area contributed by atoms with Crippen molar-refractivity contribution in [3.8, 4) is 0 Å². The third-order valence-electron chi connectivity index (χ3n) is 7.35. The Morgan fingerprint density at radius 2 is 1.92 bits per heavy atom. The molecule has 5 heterocycles. The summed E-state index contributed by atoms with van der Waals surface area (Å²) in [6.07, 6.45) is 12.1. The molecule has 1 saturated heterocycles. The molecule has 6 rings (SSSR count). The van der Waals surface area contributed by atoms with Crippen LogP contribution in [-0.4, -0.2) is 59.0 Å². The van der Waals surface area contributed by atoms with Crippen molar-refractivity contribution in [2.45, 2.75) is 48.2 Å². The number of aryl methyl sites for hydroxylation is 1. The van der Waals surface area contributed by atoms with Crippen LogP contribution in [0.4, 0.5) is 11.8 Å².